The van der Waals surface area contributed by atoms with Crippen molar-refractivity contribution in [2.24, 2.45) is 12.1 Å². The summed E-state index contributed by atoms with van der Waals surface area (Å²) >= 11 is 0. The van der Waals surface area contributed by atoms with Crippen molar-refractivity contribution in [1.82, 2.24) is 9.55 Å². The number of fused-ring (bicyclic) bond motifs is 1. The zero-order valence-electron chi connectivity index (χ0n) is 14.4. The van der Waals surface area contributed by atoms with E-state index in [1.807, 2.05) is 35.9 Å². The molecule has 0 aliphatic carbocycles. The maximum atomic E-state index is 11.2. The number of nitrogens with zero attached hydrogens (tertiary/aromatic N) is 4. The topological polar surface area (TPSA) is 98.5 Å². The summed E-state index contributed by atoms with van der Waals surface area (Å²) in [5.41, 5.74) is 5.16. The van der Waals surface area contributed by atoms with Gasteiger partial charge in [-0.3, -0.25) is 10.1 Å². The normalized spacial score (nSPS) is 11.3. The Morgan fingerprint density at radius 1 is 1.15 bits per heavy atom. The molecule has 0 unspecified atom stereocenters. The number of para-hydroxylation sites is 3. The molecule has 2 aromatic heterocycles. The summed E-state index contributed by atoms with van der Waals surface area (Å²) in [4.78, 5) is 15.2. The van der Waals surface area contributed by atoms with E-state index in [-0.39, 0.29) is 5.69 Å². The van der Waals surface area contributed by atoms with E-state index in [1.165, 1.54) is 12.3 Å². The predicted molar refractivity (Wildman–Crippen MR) is 103 cm³/mol. The molecule has 0 amide bonds. The van der Waals surface area contributed by atoms with Crippen LogP contribution in [0.2, 0.25) is 0 Å². The second-order valence-electron chi connectivity index (χ2n) is 5.83. The van der Waals surface area contributed by atoms with Crippen molar-refractivity contribution in [2.45, 2.75) is 0 Å². The Bertz CT molecular complexity index is 1160. The number of furan rings is 1. The van der Waals surface area contributed by atoms with Crippen molar-refractivity contribution in [1.29, 1.82) is 0 Å². The summed E-state index contributed by atoms with van der Waals surface area (Å²) in [7, 11) is 1.90. The molecule has 4 rings (SSSR count). The average molecular weight is 361 g/mol. The van der Waals surface area contributed by atoms with E-state index in [1.54, 1.807) is 30.3 Å². The number of hydrogen-bond acceptors (Lipinski definition) is 6. The molecule has 0 saturated carbocycles. The Labute approximate surface area is 153 Å². The molecule has 2 heterocycles. The van der Waals surface area contributed by atoms with Crippen LogP contribution < -0.4 is 5.43 Å². The van der Waals surface area contributed by atoms with Gasteiger partial charge >= 0.3 is 0 Å². The minimum atomic E-state index is -0.432. The summed E-state index contributed by atoms with van der Waals surface area (Å²) < 4.78 is 7.56. The third kappa shape index (κ3) is 3.15. The molecule has 0 fully saturated rings. The lowest BCUT2D eigenvalue weighted by molar-refractivity contribution is -0.384. The van der Waals surface area contributed by atoms with Gasteiger partial charge in [0.15, 0.2) is 0 Å². The van der Waals surface area contributed by atoms with Crippen molar-refractivity contribution in [2.75, 3.05) is 5.43 Å². The molecule has 8 nitrogen and oxygen atoms in total. The van der Waals surface area contributed by atoms with Gasteiger partial charge in [0, 0.05) is 13.1 Å². The van der Waals surface area contributed by atoms with Crippen molar-refractivity contribution in [3.05, 3.63) is 76.5 Å². The summed E-state index contributed by atoms with van der Waals surface area (Å²) in [6.07, 6.45) is 1.50. The fourth-order valence-electron chi connectivity index (χ4n) is 2.81. The number of benzene rings is 2. The van der Waals surface area contributed by atoms with Crippen LogP contribution in [0.5, 0.6) is 0 Å². The van der Waals surface area contributed by atoms with Crippen LogP contribution in [-0.4, -0.2) is 20.7 Å². The highest BCUT2D eigenvalue weighted by Gasteiger charge is 2.16. The third-order valence-electron chi connectivity index (χ3n) is 4.14. The van der Waals surface area contributed by atoms with Crippen LogP contribution in [0.4, 0.5) is 11.6 Å². The van der Waals surface area contributed by atoms with E-state index < -0.39 is 4.92 Å². The number of nitrogens with one attached hydrogen (secondary N) is 1. The number of aromatic nitrogens is 2. The maximum absolute atomic E-state index is 11.2. The number of rotatable bonds is 5. The van der Waals surface area contributed by atoms with Gasteiger partial charge < -0.3 is 8.98 Å². The molecule has 134 valence electrons. The summed E-state index contributed by atoms with van der Waals surface area (Å²) in [5.74, 6) is 1.47. The quantitative estimate of drug-likeness (QED) is 0.326. The van der Waals surface area contributed by atoms with Crippen LogP contribution >= 0.6 is 0 Å². The lowest BCUT2D eigenvalue weighted by atomic mass is 10.1. The first-order chi connectivity index (χ1) is 13.1. The molecule has 27 heavy (non-hydrogen) atoms. The lowest BCUT2D eigenvalue weighted by Crippen LogP contribution is -1.98. The standard InChI is InChI=1S/C19H15N5O3/c1-23-17-9-5-3-7-15(17)21-19(23)22-20-12-13-10-11-18(27-13)14-6-2-4-8-16(14)24(25)26/h2-12H,1H3,(H,21,22)/b20-12-. The average Bonchev–Trinajstić information content (AvgIpc) is 3.27. The van der Waals surface area contributed by atoms with E-state index in [0.717, 1.165) is 11.0 Å². The molecule has 0 aliphatic rings. The first-order valence-electron chi connectivity index (χ1n) is 8.17. The number of nitro benzene ring substituents is 1. The second kappa shape index (κ2) is 6.75. The highest BCUT2D eigenvalue weighted by Crippen LogP contribution is 2.30. The fraction of sp³-hybridized carbons (Fsp3) is 0.0526. The lowest BCUT2D eigenvalue weighted by Gasteiger charge is -2.00. The van der Waals surface area contributed by atoms with Crippen molar-refractivity contribution < 1.29 is 9.34 Å². The molecule has 0 saturated heterocycles. The molecule has 8 heteroatoms. The summed E-state index contributed by atoms with van der Waals surface area (Å²) in [6, 6.07) is 17.6. The van der Waals surface area contributed by atoms with Gasteiger partial charge in [-0.25, -0.2) is 10.4 Å². The predicted octanol–water partition coefficient (Wildman–Crippen LogP) is 4.19. The van der Waals surface area contributed by atoms with E-state index >= 15 is 0 Å². The van der Waals surface area contributed by atoms with Crippen molar-refractivity contribution in [3.63, 3.8) is 0 Å². The minimum absolute atomic E-state index is 0.00633. The zero-order valence-corrected chi connectivity index (χ0v) is 14.4. The Morgan fingerprint density at radius 2 is 1.93 bits per heavy atom. The second-order valence-corrected chi connectivity index (χ2v) is 5.83. The van der Waals surface area contributed by atoms with Crippen LogP contribution in [0, 0.1) is 10.1 Å². The van der Waals surface area contributed by atoms with Gasteiger partial charge in [-0.2, -0.15) is 5.10 Å². The third-order valence-corrected chi connectivity index (χ3v) is 4.14. The fourth-order valence-corrected chi connectivity index (χ4v) is 2.81. The molecule has 0 bridgehead atoms. The Hall–Kier alpha value is -3.94. The van der Waals surface area contributed by atoms with E-state index in [0.29, 0.717) is 23.0 Å². The van der Waals surface area contributed by atoms with Crippen molar-refractivity contribution >= 4 is 28.9 Å². The number of anilines is 1. The monoisotopic (exact) mass is 361 g/mol. The van der Waals surface area contributed by atoms with Gasteiger partial charge in [0.05, 0.1) is 27.7 Å². The molecular weight excluding hydrogens is 346 g/mol. The molecule has 0 spiro atoms. The molecular formula is C19H15N5O3. The summed E-state index contributed by atoms with van der Waals surface area (Å²) in [6.45, 7) is 0. The van der Waals surface area contributed by atoms with Crippen LogP contribution in [-0.2, 0) is 7.05 Å². The van der Waals surface area contributed by atoms with Gasteiger partial charge in [-0.1, -0.05) is 24.3 Å². The van der Waals surface area contributed by atoms with Crippen LogP contribution in [0.15, 0.2) is 70.2 Å². The van der Waals surface area contributed by atoms with Crippen LogP contribution in [0.3, 0.4) is 0 Å². The maximum Gasteiger partial charge on any atom is 0.280 e. The Balaban J connectivity index is 1.54. The van der Waals surface area contributed by atoms with Gasteiger partial charge in [0.1, 0.15) is 11.5 Å². The highest BCUT2D eigenvalue weighted by atomic mass is 16.6. The molecule has 0 atom stereocenters. The van der Waals surface area contributed by atoms with Gasteiger partial charge in [-0.05, 0) is 30.3 Å². The Morgan fingerprint density at radius 3 is 2.74 bits per heavy atom. The first kappa shape index (κ1) is 16.5. The SMILES string of the molecule is Cn1c(N/N=C\c2ccc(-c3ccccc3[N+](=O)[O-])o2)nc2ccccc21. The molecule has 4 aromatic rings. The largest absolute Gasteiger partial charge is 0.455 e. The number of aryl methyl sites for hydroxylation is 1. The zero-order chi connectivity index (χ0) is 18.8. The smallest absolute Gasteiger partial charge is 0.280 e. The van der Waals surface area contributed by atoms with Crippen LogP contribution in [0.25, 0.3) is 22.4 Å². The van der Waals surface area contributed by atoms with E-state index in [4.69, 9.17) is 4.42 Å². The number of nitro groups is 1. The van der Waals surface area contributed by atoms with Crippen molar-refractivity contribution in [3.8, 4) is 11.3 Å². The van der Waals surface area contributed by atoms with E-state index in [9.17, 15) is 10.1 Å². The number of hydrazone groups is 1. The molecule has 2 aromatic carbocycles. The van der Waals surface area contributed by atoms with Crippen LogP contribution in [0.1, 0.15) is 5.76 Å². The minimum Gasteiger partial charge on any atom is -0.455 e. The number of hydrogen-bond donors (Lipinski definition) is 1. The highest BCUT2D eigenvalue weighted by molar-refractivity contribution is 5.80. The molecule has 0 aliphatic heterocycles. The summed E-state index contributed by atoms with van der Waals surface area (Å²) in [5, 5.41) is 15.3. The van der Waals surface area contributed by atoms with E-state index in [2.05, 4.69) is 15.5 Å². The Kier molecular flexibility index (Phi) is 4.13. The van der Waals surface area contributed by atoms with Gasteiger partial charge in [0.25, 0.3) is 5.69 Å². The van der Waals surface area contributed by atoms with Gasteiger partial charge in [0.2, 0.25) is 5.95 Å². The van der Waals surface area contributed by atoms with Gasteiger partial charge in [-0.15, -0.1) is 0 Å². The first-order valence-corrected chi connectivity index (χ1v) is 8.17. The molecule has 1 N–H and O–H groups in total. The number of imidazole rings is 1. The molecule has 0 radical (unpaired) electrons.